The van der Waals surface area contributed by atoms with Gasteiger partial charge < -0.3 is 14.7 Å². The Morgan fingerprint density at radius 2 is 1.84 bits per heavy atom. The van der Waals surface area contributed by atoms with Gasteiger partial charge in [-0.05, 0) is 18.1 Å². The molecule has 1 fully saturated rings. The third-order valence-corrected chi connectivity index (χ3v) is 4.19. The molecule has 0 amide bonds. The third-order valence-electron chi connectivity index (χ3n) is 4.19. The van der Waals surface area contributed by atoms with E-state index in [2.05, 4.69) is 11.8 Å². The monoisotopic (exact) mass is 338 g/mol. The summed E-state index contributed by atoms with van der Waals surface area (Å²) in [7, 11) is 0. The van der Waals surface area contributed by atoms with E-state index in [0.717, 1.165) is 10.5 Å². The molecule has 2 aromatic carbocycles. The van der Waals surface area contributed by atoms with Crippen molar-refractivity contribution < 1.29 is 19.7 Å². The lowest BCUT2D eigenvalue weighted by Crippen LogP contribution is -3.14. The van der Waals surface area contributed by atoms with Crippen LogP contribution >= 0.6 is 0 Å². The maximum atomic E-state index is 12.4. The van der Waals surface area contributed by atoms with Gasteiger partial charge in [0.15, 0.2) is 6.04 Å². The van der Waals surface area contributed by atoms with Crippen molar-refractivity contribution in [2.45, 2.75) is 6.04 Å². The number of nitro groups is 1. The number of rotatable bonds is 3. The normalized spacial score (nSPS) is 15.8. The van der Waals surface area contributed by atoms with E-state index < -0.39 is 11.0 Å². The lowest BCUT2D eigenvalue weighted by atomic mass is 10.0. The zero-order chi connectivity index (χ0) is 17.6. The van der Waals surface area contributed by atoms with Crippen molar-refractivity contribution in [3.63, 3.8) is 0 Å². The molecule has 0 radical (unpaired) electrons. The first-order valence-electron chi connectivity index (χ1n) is 8.09. The molecular formula is C19H18N2O4. The van der Waals surface area contributed by atoms with Gasteiger partial charge in [-0.2, -0.15) is 0 Å². The van der Waals surface area contributed by atoms with Gasteiger partial charge in [-0.1, -0.05) is 35.9 Å². The number of quaternary nitrogens is 1. The maximum Gasteiger partial charge on any atom is 0.269 e. The third kappa shape index (κ3) is 4.15. The van der Waals surface area contributed by atoms with Crippen LogP contribution < -0.4 is 10.0 Å². The molecule has 1 atom stereocenters. The summed E-state index contributed by atoms with van der Waals surface area (Å²) in [6.45, 7) is 2.58. The highest BCUT2D eigenvalue weighted by Crippen LogP contribution is 2.25. The molecule has 0 spiro atoms. The fraction of sp³-hybridized carbons (Fsp3) is 0.263. The van der Waals surface area contributed by atoms with Gasteiger partial charge in [0.2, 0.25) is 0 Å². The molecule has 128 valence electrons. The minimum atomic E-state index is -0.487. The van der Waals surface area contributed by atoms with Crippen molar-refractivity contribution in [3.8, 4) is 17.6 Å². The van der Waals surface area contributed by atoms with Crippen LogP contribution in [0.25, 0.3) is 0 Å². The van der Waals surface area contributed by atoms with Crippen molar-refractivity contribution in [1.29, 1.82) is 0 Å². The first-order valence-corrected chi connectivity index (χ1v) is 8.09. The summed E-state index contributed by atoms with van der Waals surface area (Å²) in [5, 5.41) is 23.4. The minimum absolute atomic E-state index is 0.0891. The standard InChI is InChI=1S/C19H18N2O4/c22-19-9-7-16(21(23)24)14-17(19)18(20-10-12-25-13-11-20)8-6-15-4-2-1-3-5-15/h1-5,7,9,14,18,22H,10-13H2/t18-/m1/s1. The topological polar surface area (TPSA) is 79.9 Å². The first kappa shape index (κ1) is 17.0. The SMILES string of the molecule is O=[N+]([O-])c1ccc([O-])c([C@@H](C#Cc2ccccc2)[NH+]2CCOCC2)c1. The van der Waals surface area contributed by atoms with E-state index in [4.69, 9.17) is 4.74 Å². The van der Waals surface area contributed by atoms with Crippen molar-refractivity contribution in [2.75, 3.05) is 26.3 Å². The van der Waals surface area contributed by atoms with Crippen LogP contribution in [-0.4, -0.2) is 31.2 Å². The average molecular weight is 338 g/mol. The molecule has 0 saturated carbocycles. The quantitative estimate of drug-likeness (QED) is 0.507. The molecule has 6 heteroatoms. The van der Waals surface area contributed by atoms with Crippen molar-refractivity contribution in [3.05, 3.63) is 69.8 Å². The van der Waals surface area contributed by atoms with Gasteiger partial charge in [0.25, 0.3) is 5.69 Å². The first-order chi connectivity index (χ1) is 12.1. The summed E-state index contributed by atoms with van der Waals surface area (Å²) in [5.41, 5.74) is 1.13. The molecule has 2 aromatic rings. The molecule has 1 aliphatic rings. The molecule has 0 aliphatic carbocycles. The van der Waals surface area contributed by atoms with Crippen LogP contribution in [0.2, 0.25) is 0 Å². The van der Waals surface area contributed by atoms with Gasteiger partial charge in [0.05, 0.1) is 18.1 Å². The van der Waals surface area contributed by atoms with Gasteiger partial charge in [0.1, 0.15) is 13.1 Å². The van der Waals surface area contributed by atoms with E-state index in [1.165, 1.54) is 18.2 Å². The van der Waals surface area contributed by atoms with Crippen LogP contribution in [-0.2, 0) is 4.74 Å². The van der Waals surface area contributed by atoms with E-state index in [-0.39, 0.29) is 11.4 Å². The molecule has 25 heavy (non-hydrogen) atoms. The lowest BCUT2D eigenvalue weighted by Gasteiger charge is -2.30. The largest absolute Gasteiger partial charge is 0.872 e. The maximum absolute atomic E-state index is 12.4. The minimum Gasteiger partial charge on any atom is -0.872 e. The molecule has 1 N–H and O–H groups in total. The van der Waals surface area contributed by atoms with Crippen LogP contribution in [0.3, 0.4) is 0 Å². The Kier molecular flexibility index (Phi) is 5.29. The van der Waals surface area contributed by atoms with Gasteiger partial charge >= 0.3 is 0 Å². The molecule has 0 aromatic heterocycles. The number of ether oxygens (including phenoxy) is 1. The van der Waals surface area contributed by atoms with Crippen molar-refractivity contribution in [1.82, 2.24) is 0 Å². The van der Waals surface area contributed by atoms with Crippen LogP contribution in [0.1, 0.15) is 17.2 Å². The summed E-state index contributed by atoms with van der Waals surface area (Å²) in [5.74, 6) is 6.03. The Balaban J connectivity index is 2.01. The second-order valence-corrected chi connectivity index (χ2v) is 5.82. The molecule has 0 bridgehead atoms. The predicted molar refractivity (Wildman–Crippen MR) is 90.1 cm³/mol. The molecule has 0 unspecified atom stereocenters. The molecular weight excluding hydrogens is 320 g/mol. The van der Waals surface area contributed by atoms with Gasteiger partial charge in [0, 0.05) is 23.3 Å². The van der Waals surface area contributed by atoms with E-state index in [9.17, 15) is 15.2 Å². The Bertz CT molecular complexity index is 805. The molecule has 3 rings (SSSR count). The Morgan fingerprint density at radius 1 is 1.12 bits per heavy atom. The van der Waals surface area contributed by atoms with Gasteiger partial charge in [-0.25, -0.2) is 0 Å². The summed E-state index contributed by atoms with van der Waals surface area (Å²) < 4.78 is 5.39. The predicted octanol–water partition coefficient (Wildman–Crippen LogP) is 0.676. The van der Waals surface area contributed by atoms with Gasteiger partial charge in [-0.3, -0.25) is 10.1 Å². The molecule has 1 saturated heterocycles. The highest BCUT2D eigenvalue weighted by atomic mass is 16.6. The van der Waals surface area contributed by atoms with Crippen LogP contribution in [0.4, 0.5) is 5.69 Å². The summed E-state index contributed by atoms with van der Waals surface area (Å²) in [4.78, 5) is 11.7. The van der Waals surface area contributed by atoms with Crippen molar-refractivity contribution >= 4 is 5.69 Å². The molecule has 1 aliphatic heterocycles. The van der Waals surface area contributed by atoms with E-state index >= 15 is 0 Å². The molecule has 6 nitrogen and oxygen atoms in total. The Hall–Kier alpha value is -2.88. The summed E-state index contributed by atoms with van der Waals surface area (Å²) >= 11 is 0. The number of hydrogen-bond donors (Lipinski definition) is 1. The fourth-order valence-corrected chi connectivity index (χ4v) is 2.87. The van der Waals surface area contributed by atoms with E-state index in [1.54, 1.807) is 0 Å². The summed E-state index contributed by atoms with van der Waals surface area (Å²) in [6, 6.07) is 12.9. The zero-order valence-corrected chi connectivity index (χ0v) is 13.6. The number of benzene rings is 2. The highest BCUT2D eigenvalue weighted by molar-refractivity contribution is 5.46. The van der Waals surface area contributed by atoms with Gasteiger partial charge in [-0.15, -0.1) is 0 Å². The Morgan fingerprint density at radius 3 is 2.52 bits per heavy atom. The van der Waals surface area contributed by atoms with Crippen molar-refractivity contribution in [2.24, 2.45) is 0 Å². The summed E-state index contributed by atoms with van der Waals surface area (Å²) in [6.07, 6.45) is 0. The Labute approximate surface area is 145 Å². The molecule has 1 heterocycles. The number of nitrogens with zero attached hydrogens (tertiary/aromatic N) is 1. The van der Waals surface area contributed by atoms with E-state index in [0.29, 0.717) is 31.9 Å². The number of hydrogen-bond acceptors (Lipinski definition) is 4. The highest BCUT2D eigenvalue weighted by Gasteiger charge is 2.26. The van der Waals surface area contributed by atoms with Crippen LogP contribution in [0.5, 0.6) is 5.75 Å². The van der Waals surface area contributed by atoms with Crippen LogP contribution in [0.15, 0.2) is 48.5 Å². The van der Waals surface area contributed by atoms with Crippen LogP contribution in [0, 0.1) is 22.0 Å². The average Bonchev–Trinajstić information content (AvgIpc) is 2.65. The fourth-order valence-electron chi connectivity index (χ4n) is 2.87. The second-order valence-electron chi connectivity index (χ2n) is 5.82. The number of morpholine rings is 1. The number of nitrogens with one attached hydrogen (secondary N) is 1. The number of nitro benzene ring substituents is 1. The zero-order valence-electron chi connectivity index (χ0n) is 13.6. The second kappa shape index (κ2) is 7.79. The smallest absolute Gasteiger partial charge is 0.269 e. The number of non-ortho nitro benzene ring substituents is 1. The lowest BCUT2D eigenvalue weighted by molar-refractivity contribution is -0.930. The van der Waals surface area contributed by atoms with E-state index in [1.807, 2.05) is 30.3 Å².